The number of hydrogen-bond acceptors (Lipinski definition) is 12. The molecule has 0 aromatic heterocycles. The van der Waals surface area contributed by atoms with E-state index in [2.05, 4.69) is 0 Å². The molecule has 2 saturated heterocycles. The van der Waals surface area contributed by atoms with Crippen LogP contribution in [0, 0.1) is 5.92 Å². The van der Waals surface area contributed by atoms with Gasteiger partial charge in [-0.3, -0.25) is 19.3 Å². The van der Waals surface area contributed by atoms with Crippen LogP contribution in [0.15, 0.2) is 121 Å². The number of anilines is 1. The first kappa shape index (κ1) is 42.6. The number of nitrogens with zero attached hydrogens (tertiary/aromatic N) is 3. The number of carbonyl (C=O) groups excluding carboxylic acids is 4. The smallest absolute Gasteiger partial charge is 0.421 e. The number of hydrogen-bond donors (Lipinski definition) is 1. The highest BCUT2D eigenvalue weighted by Gasteiger charge is 2.76. The largest absolute Gasteiger partial charge is 0.493 e. The number of esters is 1. The third-order valence-electron chi connectivity index (χ3n) is 12.9. The van der Waals surface area contributed by atoms with Crippen molar-refractivity contribution in [2.75, 3.05) is 59.2 Å². The molecule has 0 saturated carbocycles. The lowest BCUT2D eigenvalue weighted by molar-refractivity contribution is -0.179. The number of rotatable bonds is 12. The van der Waals surface area contributed by atoms with Gasteiger partial charge in [-0.1, -0.05) is 91.0 Å². The molecular weight excluding hydrogens is 819 g/mol. The second-order valence-corrected chi connectivity index (χ2v) is 16.2. The lowest BCUT2D eigenvalue weighted by Gasteiger charge is -2.46. The summed E-state index contributed by atoms with van der Waals surface area (Å²) in [5.74, 6) is -1.87. The summed E-state index contributed by atoms with van der Waals surface area (Å²) < 4.78 is 34.7. The van der Waals surface area contributed by atoms with Crippen molar-refractivity contribution >= 4 is 29.6 Å². The molecule has 14 heteroatoms. The molecule has 0 radical (unpaired) electrons. The number of imide groups is 1. The minimum Gasteiger partial charge on any atom is -0.493 e. The van der Waals surface area contributed by atoms with Gasteiger partial charge in [0.15, 0.2) is 11.5 Å². The Morgan fingerprint density at radius 3 is 2.12 bits per heavy atom. The number of para-hydroxylation sites is 1. The standard InChI is InChI=1S/C50H49N3O11/c1-59-25-26-63-49(58)52-38-20-11-10-19-37(38)50(48(52)57)41(46(55)51-22-21-33-28-39(60-2)40(61-3)29-35(33)30-51)43-47(56)64-44(32-15-8-5-9-16-32)42(31-13-6-4-7-14-31)53(43)45(50)34-17-12-18-36(27-34)62-24-23-54/h4-20,27-29,41-45,54H,21-26,30H2,1-3H3. The molecule has 14 nitrogen and oxygen atoms in total. The van der Waals surface area contributed by atoms with Gasteiger partial charge in [0, 0.05) is 20.2 Å². The topological polar surface area (TPSA) is 154 Å². The zero-order valence-corrected chi connectivity index (χ0v) is 35.8. The fourth-order valence-electron chi connectivity index (χ4n) is 10.3. The molecule has 3 amide bonds. The van der Waals surface area contributed by atoms with E-state index in [9.17, 15) is 9.90 Å². The van der Waals surface area contributed by atoms with Gasteiger partial charge in [-0.25, -0.2) is 9.69 Å². The predicted molar refractivity (Wildman–Crippen MR) is 233 cm³/mol. The summed E-state index contributed by atoms with van der Waals surface area (Å²) in [4.78, 5) is 66.8. The van der Waals surface area contributed by atoms with Crippen molar-refractivity contribution in [3.63, 3.8) is 0 Å². The first-order valence-electron chi connectivity index (χ1n) is 21.3. The second kappa shape index (κ2) is 17.8. The van der Waals surface area contributed by atoms with Gasteiger partial charge in [0.05, 0.1) is 51.1 Å². The molecule has 64 heavy (non-hydrogen) atoms. The van der Waals surface area contributed by atoms with E-state index in [1.165, 1.54) is 7.11 Å². The summed E-state index contributed by atoms with van der Waals surface area (Å²) in [5, 5.41) is 9.75. The average Bonchev–Trinajstić information content (AvgIpc) is 3.79. The van der Waals surface area contributed by atoms with Crippen LogP contribution in [0.3, 0.4) is 0 Å². The number of ether oxygens (including phenoxy) is 6. The Labute approximate surface area is 370 Å². The van der Waals surface area contributed by atoms with Gasteiger partial charge in [-0.15, -0.1) is 0 Å². The Morgan fingerprint density at radius 1 is 0.750 bits per heavy atom. The lowest BCUT2D eigenvalue weighted by atomic mass is 9.65. The summed E-state index contributed by atoms with van der Waals surface area (Å²) >= 11 is 0. The van der Waals surface area contributed by atoms with Gasteiger partial charge in [-0.2, -0.15) is 0 Å². The normalized spacial score (nSPS) is 23.5. The van der Waals surface area contributed by atoms with Crippen molar-refractivity contribution in [2.24, 2.45) is 5.92 Å². The van der Waals surface area contributed by atoms with Gasteiger partial charge >= 0.3 is 12.1 Å². The van der Waals surface area contributed by atoms with Gasteiger partial charge in [0.2, 0.25) is 11.8 Å². The van der Waals surface area contributed by atoms with Crippen LogP contribution in [0.2, 0.25) is 0 Å². The molecule has 1 N–H and O–H groups in total. The Kier molecular flexibility index (Phi) is 11.8. The monoisotopic (exact) mass is 867 g/mol. The van der Waals surface area contributed by atoms with Crippen molar-refractivity contribution in [1.82, 2.24) is 9.80 Å². The molecule has 0 aliphatic carbocycles. The maximum atomic E-state index is 16.2. The molecule has 5 aromatic carbocycles. The van der Waals surface area contributed by atoms with E-state index in [1.807, 2.05) is 83.8 Å². The van der Waals surface area contributed by atoms with Crippen molar-refractivity contribution in [1.29, 1.82) is 0 Å². The molecule has 6 unspecified atom stereocenters. The van der Waals surface area contributed by atoms with Crippen LogP contribution < -0.4 is 19.1 Å². The molecule has 4 aliphatic heterocycles. The minimum atomic E-state index is -1.94. The Hall–Kier alpha value is -6.74. The maximum absolute atomic E-state index is 16.2. The summed E-state index contributed by atoms with van der Waals surface area (Å²) in [6.07, 6.45) is -1.38. The average molecular weight is 868 g/mol. The number of cyclic esters (lactones) is 1. The predicted octanol–water partition coefficient (Wildman–Crippen LogP) is 6.11. The van der Waals surface area contributed by atoms with Crippen LogP contribution in [0.5, 0.6) is 17.2 Å². The van der Waals surface area contributed by atoms with Gasteiger partial charge in [0.1, 0.15) is 36.5 Å². The van der Waals surface area contributed by atoms with Crippen LogP contribution in [-0.4, -0.2) is 99.1 Å². The quantitative estimate of drug-likeness (QED) is 0.114. The Morgan fingerprint density at radius 2 is 1.42 bits per heavy atom. The zero-order valence-electron chi connectivity index (χ0n) is 35.8. The number of methoxy groups -OCH3 is 3. The van der Waals surface area contributed by atoms with E-state index in [1.54, 1.807) is 61.6 Å². The summed E-state index contributed by atoms with van der Waals surface area (Å²) in [6.45, 7) is 0.106. The van der Waals surface area contributed by atoms with Crippen molar-refractivity contribution < 1.29 is 52.7 Å². The van der Waals surface area contributed by atoms with E-state index in [0.29, 0.717) is 40.4 Å². The van der Waals surface area contributed by atoms with E-state index in [0.717, 1.165) is 21.6 Å². The van der Waals surface area contributed by atoms with Crippen molar-refractivity contribution in [3.8, 4) is 17.2 Å². The number of amides is 3. The highest BCUT2D eigenvalue weighted by molar-refractivity contribution is 6.23. The fourth-order valence-corrected chi connectivity index (χ4v) is 10.3. The molecule has 6 atom stereocenters. The van der Waals surface area contributed by atoms with Crippen LogP contribution in [0.4, 0.5) is 10.5 Å². The van der Waals surface area contributed by atoms with Crippen molar-refractivity contribution in [3.05, 3.63) is 155 Å². The molecule has 5 aromatic rings. The SMILES string of the molecule is COCCOC(=O)N1C(=O)C2(c3ccccc31)C(C(=O)N1CCc3cc(OC)c(OC)cc3C1)C1C(=O)OC(c3ccccc3)C(c3ccccc3)N1C2c1cccc(OCCO)c1. The second-order valence-electron chi connectivity index (χ2n) is 16.2. The van der Waals surface area contributed by atoms with E-state index in [4.69, 9.17) is 28.4 Å². The highest BCUT2D eigenvalue weighted by atomic mass is 16.6. The Bertz CT molecular complexity index is 2560. The van der Waals surface area contributed by atoms with Crippen LogP contribution in [0.25, 0.3) is 0 Å². The Balaban J connectivity index is 1.32. The van der Waals surface area contributed by atoms with Gasteiger partial charge < -0.3 is 38.4 Å². The van der Waals surface area contributed by atoms with Crippen LogP contribution >= 0.6 is 0 Å². The zero-order chi connectivity index (χ0) is 44.5. The number of aliphatic hydroxyl groups is 1. The lowest BCUT2D eigenvalue weighted by Crippen LogP contribution is -2.57. The number of morpholine rings is 1. The van der Waals surface area contributed by atoms with E-state index in [-0.39, 0.29) is 45.2 Å². The summed E-state index contributed by atoms with van der Waals surface area (Å²) in [7, 11) is 4.59. The molecular formula is C50H49N3O11. The summed E-state index contributed by atoms with van der Waals surface area (Å²) in [5.41, 5.74) is 2.49. The van der Waals surface area contributed by atoms with Gasteiger partial charge in [0.25, 0.3) is 0 Å². The molecule has 1 spiro atoms. The molecule has 0 bridgehead atoms. The van der Waals surface area contributed by atoms with E-state index >= 15 is 14.4 Å². The fraction of sp³-hybridized carbons (Fsp3) is 0.320. The molecule has 2 fully saturated rings. The summed E-state index contributed by atoms with van der Waals surface area (Å²) in [6, 6.07) is 33.6. The number of fused-ring (bicyclic) bond motifs is 4. The third kappa shape index (κ3) is 7.02. The molecule has 4 heterocycles. The number of aliphatic hydroxyl groups excluding tert-OH is 1. The minimum absolute atomic E-state index is 0.00227. The number of benzene rings is 5. The maximum Gasteiger partial charge on any atom is 0.421 e. The van der Waals surface area contributed by atoms with E-state index < -0.39 is 59.4 Å². The van der Waals surface area contributed by atoms with Gasteiger partial charge in [-0.05, 0) is 70.1 Å². The molecule has 330 valence electrons. The first-order valence-corrected chi connectivity index (χ1v) is 21.3. The van der Waals surface area contributed by atoms with Crippen LogP contribution in [-0.2, 0) is 47.0 Å². The third-order valence-corrected chi connectivity index (χ3v) is 12.9. The first-order chi connectivity index (χ1) is 31.3. The number of carbonyl (C=O) groups is 4. The molecule has 4 aliphatic rings. The van der Waals surface area contributed by atoms with Crippen LogP contribution in [0.1, 0.15) is 51.6 Å². The molecule has 9 rings (SSSR count). The highest BCUT2D eigenvalue weighted by Crippen LogP contribution is 2.66. The van der Waals surface area contributed by atoms with Crippen molar-refractivity contribution in [2.45, 2.75) is 42.6 Å².